The van der Waals surface area contributed by atoms with Gasteiger partial charge in [-0.25, -0.2) is 4.39 Å². The van der Waals surface area contributed by atoms with Gasteiger partial charge < -0.3 is 0 Å². The topological polar surface area (TPSA) is 47.6 Å². The maximum absolute atomic E-state index is 13.0. The first-order chi connectivity index (χ1) is 8.74. The van der Waals surface area contributed by atoms with Crippen LogP contribution in [-0.4, -0.2) is 0 Å². The highest BCUT2D eigenvalue weighted by Gasteiger charge is 2.27. The van der Waals surface area contributed by atoms with Crippen LogP contribution in [0.3, 0.4) is 0 Å². The minimum atomic E-state index is -0.296. The Balaban J connectivity index is 2.29. The molecule has 2 nitrogen and oxygen atoms in total. The molecule has 1 aromatic rings. The van der Waals surface area contributed by atoms with Crippen LogP contribution in [0.5, 0.6) is 0 Å². The fourth-order valence-corrected chi connectivity index (χ4v) is 1.77. The minimum Gasteiger partial charge on any atom is -0.207 e. The van der Waals surface area contributed by atoms with Crippen LogP contribution < -0.4 is 0 Å². The second-order valence-electron chi connectivity index (χ2n) is 4.22. The molecular formula is C15H11FN2. The molecule has 0 radical (unpaired) electrons. The third-order valence-corrected chi connectivity index (χ3v) is 2.83. The molecule has 0 bridgehead atoms. The summed E-state index contributed by atoms with van der Waals surface area (Å²) in [6, 6.07) is 10.0. The first-order valence-electron chi connectivity index (χ1n) is 5.72. The molecule has 0 unspecified atom stereocenters. The second kappa shape index (κ2) is 5.29. The molecular weight excluding hydrogens is 227 g/mol. The van der Waals surface area contributed by atoms with E-state index in [-0.39, 0.29) is 11.4 Å². The fourth-order valence-electron chi connectivity index (χ4n) is 1.77. The van der Waals surface area contributed by atoms with E-state index in [0.717, 1.165) is 24.0 Å². The average molecular weight is 238 g/mol. The zero-order valence-electron chi connectivity index (χ0n) is 9.73. The second-order valence-corrected chi connectivity index (χ2v) is 4.22. The third-order valence-electron chi connectivity index (χ3n) is 2.83. The normalized spacial score (nSPS) is 13.9. The summed E-state index contributed by atoms with van der Waals surface area (Å²) >= 11 is 0. The molecule has 0 N–H and O–H groups in total. The van der Waals surface area contributed by atoms with Gasteiger partial charge in [0.05, 0.1) is 0 Å². The lowest BCUT2D eigenvalue weighted by Gasteiger charge is -1.99. The number of halogens is 1. The van der Waals surface area contributed by atoms with E-state index in [1.54, 1.807) is 24.3 Å². The van der Waals surface area contributed by atoms with Crippen molar-refractivity contribution >= 4 is 6.08 Å². The van der Waals surface area contributed by atoms with Gasteiger partial charge in [0, 0.05) is 0 Å². The Hall–Kier alpha value is -2.39. The molecule has 1 aliphatic rings. The van der Waals surface area contributed by atoms with Crippen molar-refractivity contribution in [1.29, 1.82) is 10.5 Å². The van der Waals surface area contributed by atoms with Crippen LogP contribution in [0.2, 0.25) is 0 Å². The van der Waals surface area contributed by atoms with Crippen LogP contribution in [0.4, 0.5) is 4.39 Å². The first-order valence-corrected chi connectivity index (χ1v) is 5.72. The summed E-state index contributed by atoms with van der Waals surface area (Å²) in [7, 11) is 0. The maximum atomic E-state index is 13.0. The molecule has 0 spiro atoms. The van der Waals surface area contributed by atoms with Crippen LogP contribution in [0.1, 0.15) is 18.4 Å². The van der Waals surface area contributed by atoms with E-state index in [1.807, 2.05) is 12.1 Å². The Labute approximate surface area is 105 Å². The van der Waals surface area contributed by atoms with E-state index in [9.17, 15) is 4.39 Å². The van der Waals surface area contributed by atoms with Crippen LogP contribution in [0.25, 0.3) is 6.08 Å². The molecule has 0 saturated heterocycles. The van der Waals surface area contributed by atoms with E-state index in [0.29, 0.717) is 5.92 Å². The molecule has 2 rings (SSSR count). The maximum Gasteiger partial charge on any atom is 0.133 e. The summed E-state index contributed by atoms with van der Waals surface area (Å²) in [4.78, 5) is 0. The molecule has 88 valence electrons. The van der Waals surface area contributed by atoms with Gasteiger partial charge in [-0.15, -0.1) is 0 Å². The molecule has 1 saturated carbocycles. The lowest BCUT2D eigenvalue weighted by Crippen LogP contribution is -1.87. The lowest BCUT2D eigenvalue weighted by atomic mass is 10.0. The monoisotopic (exact) mass is 238 g/mol. The number of benzene rings is 1. The molecule has 18 heavy (non-hydrogen) atoms. The van der Waals surface area contributed by atoms with Gasteiger partial charge in [-0.05, 0) is 42.0 Å². The Morgan fingerprint density at radius 1 is 1.28 bits per heavy atom. The van der Waals surface area contributed by atoms with Crippen molar-refractivity contribution in [3.63, 3.8) is 0 Å². The van der Waals surface area contributed by atoms with Gasteiger partial charge in [0.15, 0.2) is 0 Å². The van der Waals surface area contributed by atoms with Gasteiger partial charge in [0.1, 0.15) is 23.5 Å². The molecule has 0 aromatic heterocycles. The molecule has 0 aliphatic heterocycles. The fraction of sp³-hybridized carbons (Fsp3) is 0.200. The van der Waals surface area contributed by atoms with Gasteiger partial charge in [-0.2, -0.15) is 10.5 Å². The van der Waals surface area contributed by atoms with Crippen molar-refractivity contribution in [3.05, 3.63) is 52.9 Å². The SMILES string of the molecule is N#CC(C#N)=C(C=Cc1cccc(F)c1)C1CC1. The minimum absolute atomic E-state index is 0.158. The standard InChI is InChI=1S/C15H11FN2/c16-14-3-1-2-11(8-14)4-7-15(12-5-6-12)13(9-17)10-18/h1-4,7-8,12H,5-6H2. The number of hydrogen-bond donors (Lipinski definition) is 0. The molecule has 0 heterocycles. The van der Waals surface area contributed by atoms with Gasteiger partial charge >= 0.3 is 0 Å². The summed E-state index contributed by atoms with van der Waals surface area (Å²) in [5, 5.41) is 17.8. The van der Waals surface area contributed by atoms with Crippen molar-refractivity contribution in [2.75, 3.05) is 0 Å². The van der Waals surface area contributed by atoms with E-state index in [4.69, 9.17) is 10.5 Å². The molecule has 0 amide bonds. The zero-order valence-corrected chi connectivity index (χ0v) is 9.73. The summed E-state index contributed by atoms with van der Waals surface area (Å²) < 4.78 is 13.0. The average Bonchev–Trinajstić information content (AvgIpc) is 3.19. The Morgan fingerprint density at radius 2 is 2.00 bits per heavy atom. The predicted molar refractivity (Wildman–Crippen MR) is 66.4 cm³/mol. The van der Waals surface area contributed by atoms with Crippen molar-refractivity contribution in [2.45, 2.75) is 12.8 Å². The van der Waals surface area contributed by atoms with Gasteiger partial charge in [0.25, 0.3) is 0 Å². The number of nitrogens with zero attached hydrogens (tertiary/aromatic N) is 2. The Bertz CT molecular complexity index is 580. The van der Waals surface area contributed by atoms with Gasteiger partial charge in [0.2, 0.25) is 0 Å². The van der Waals surface area contributed by atoms with E-state index < -0.39 is 0 Å². The number of hydrogen-bond acceptors (Lipinski definition) is 2. The van der Waals surface area contributed by atoms with Crippen molar-refractivity contribution in [2.24, 2.45) is 5.92 Å². The molecule has 1 aromatic carbocycles. The first kappa shape index (κ1) is 12.1. The predicted octanol–water partition coefficient (Wildman–Crippen LogP) is 3.59. The van der Waals surface area contributed by atoms with E-state index >= 15 is 0 Å². The molecule has 1 fully saturated rings. The summed E-state index contributed by atoms with van der Waals surface area (Å²) in [6.45, 7) is 0. The quantitative estimate of drug-likeness (QED) is 0.596. The lowest BCUT2D eigenvalue weighted by molar-refractivity contribution is 0.627. The highest BCUT2D eigenvalue weighted by Crippen LogP contribution is 2.38. The van der Waals surface area contributed by atoms with Gasteiger partial charge in [-0.1, -0.05) is 24.3 Å². The largest absolute Gasteiger partial charge is 0.207 e. The van der Waals surface area contributed by atoms with Crippen LogP contribution in [-0.2, 0) is 0 Å². The Morgan fingerprint density at radius 3 is 2.56 bits per heavy atom. The molecule has 3 heteroatoms. The van der Waals surface area contributed by atoms with E-state index in [2.05, 4.69) is 0 Å². The van der Waals surface area contributed by atoms with Crippen LogP contribution >= 0.6 is 0 Å². The van der Waals surface area contributed by atoms with Gasteiger partial charge in [-0.3, -0.25) is 0 Å². The molecule has 1 aliphatic carbocycles. The third kappa shape index (κ3) is 2.84. The van der Waals surface area contributed by atoms with Crippen LogP contribution in [0.15, 0.2) is 41.5 Å². The molecule has 0 atom stereocenters. The number of allylic oxidation sites excluding steroid dienone is 3. The Kier molecular flexibility index (Phi) is 3.55. The number of rotatable bonds is 3. The van der Waals surface area contributed by atoms with Crippen molar-refractivity contribution in [3.8, 4) is 12.1 Å². The highest BCUT2D eigenvalue weighted by molar-refractivity contribution is 5.57. The van der Waals surface area contributed by atoms with Crippen molar-refractivity contribution in [1.82, 2.24) is 0 Å². The van der Waals surface area contributed by atoms with Crippen molar-refractivity contribution < 1.29 is 4.39 Å². The summed E-state index contributed by atoms with van der Waals surface area (Å²) in [5.41, 5.74) is 1.65. The number of nitriles is 2. The zero-order chi connectivity index (χ0) is 13.0. The highest BCUT2D eigenvalue weighted by atomic mass is 19.1. The van der Waals surface area contributed by atoms with E-state index in [1.165, 1.54) is 12.1 Å². The summed E-state index contributed by atoms with van der Waals surface area (Å²) in [6.07, 6.45) is 5.52. The summed E-state index contributed by atoms with van der Waals surface area (Å²) in [5.74, 6) is 0.0130. The smallest absolute Gasteiger partial charge is 0.133 e. The van der Waals surface area contributed by atoms with Crippen LogP contribution in [0, 0.1) is 34.4 Å².